The number of carbonyl (C=O) groups is 2. The summed E-state index contributed by atoms with van der Waals surface area (Å²) in [7, 11) is 0. The molecule has 2 aromatic rings. The van der Waals surface area contributed by atoms with Gasteiger partial charge >= 0.3 is 6.18 Å². The summed E-state index contributed by atoms with van der Waals surface area (Å²) >= 11 is 0. The van der Waals surface area contributed by atoms with Crippen LogP contribution in [0.1, 0.15) is 34.5 Å². The minimum atomic E-state index is -4.44. The molecule has 2 aliphatic heterocycles. The van der Waals surface area contributed by atoms with Crippen molar-refractivity contribution in [3.63, 3.8) is 0 Å². The van der Waals surface area contributed by atoms with Crippen LogP contribution in [0.15, 0.2) is 41.0 Å². The van der Waals surface area contributed by atoms with E-state index in [0.717, 1.165) is 25.0 Å². The fourth-order valence-electron chi connectivity index (χ4n) is 4.58. The van der Waals surface area contributed by atoms with Gasteiger partial charge in [-0.3, -0.25) is 9.59 Å². The number of alkyl halides is 3. The first-order valence-electron chi connectivity index (χ1n) is 10.4. The molecule has 2 fully saturated rings. The third-order valence-electron chi connectivity index (χ3n) is 6.32. The van der Waals surface area contributed by atoms with E-state index in [9.17, 15) is 22.8 Å². The highest BCUT2D eigenvalue weighted by Crippen LogP contribution is 2.40. The number of nitrogens with zero attached hydrogens (tertiary/aromatic N) is 2. The van der Waals surface area contributed by atoms with Crippen LogP contribution in [0.4, 0.5) is 18.9 Å². The van der Waals surface area contributed by atoms with Crippen molar-refractivity contribution in [2.45, 2.75) is 37.5 Å². The van der Waals surface area contributed by atoms with Crippen LogP contribution in [0.5, 0.6) is 0 Å². The molecule has 1 aromatic carbocycles. The highest BCUT2D eigenvalue weighted by atomic mass is 19.4. The van der Waals surface area contributed by atoms with Gasteiger partial charge in [0, 0.05) is 31.4 Å². The van der Waals surface area contributed by atoms with E-state index in [1.165, 1.54) is 12.3 Å². The predicted octanol–water partition coefficient (Wildman–Crippen LogP) is 3.08. The van der Waals surface area contributed by atoms with Gasteiger partial charge in [-0.05, 0) is 55.2 Å². The van der Waals surface area contributed by atoms with Crippen molar-refractivity contribution >= 4 is 17.5 Å². The van der Waals surface area contributed by atoms with Gasteiger partial charge in [-0.25, -0.2) is 0 Å². The van der Waals surface area contributed by atoms with E-state index in [0.29, 0.717) is 30.9 Å². The average Bonchev–Trinajstić information content (AvgIpc) is 3.39. The molecule has 2 amide bonds. The van der Waals surface area contributed by atoms with Crippen LogP contribution < -0.4 is 10.2 Å². The number of carbonyl (C=O) groups excluding carboxylic acids is 2. The quantitative estimate of drug-likeness (QED) is 0.808. The van der Waals surface area contributed by atoms with E-state index in [1.54, 1.807) is 17.0 Å². The van der Waals surface area contributed by atoms with Gasteiger partial charge in [-0.2, -0.15) is 13.2 Å². The Bertz CT molecular complexity index is 1000. The minimum absolute atomic E-state index is 0.147. The number of furan rings is 1. The van der Waals surface area contributed by atoms with Gasteiger partial charge in [-0.15, -0.1) is 0 Å². The van der Waals surface area contributed by atoms with E-state index in [2.05, 4.69) is 5.32 Å². The summed E-state index contributed by atoms with van der Waals surface area (Å²) in [5.41, 5.74) is 0.518. The third kappa shape index (κ3) is 3.77. The Morgan fingerprint density at radius 2 is 1.94 bits per heavy atom. The number of halogens is 3. The fraction of sp³-hybridized carbons (Fsp3) is 0.455. The predicted molar refractivity (Wildman–Crippen MR) is 106 cm³/mol. The first-order chi connectivity index (χ1) is 14.8. The van der Waals surface area contributed by atoms with Crippen molar-refractivity contribution < 1.29 is 27.2 Å². The number of fused-ring (bicyclic) bond motifs is 3. The molecule has 1 N–H and O–H groups in total. The third-order valence-corrected chi connectivity index (χ3v) is 6.32. The van der Waals surface area contributed by atoms with Crippen molar-refractivity contribution in [3.05, 3.63) is 53.5 Å². The van der Waals surface area contributed by atoms with E-state index >= 15 is 0 Å². The lowest BCUT2D eigenvalue weighted by Gasteiger charge is -2.49. The van der Waals surface area contributed by atoms with Gasteiger partial charge in [-0.1, -0.05) is 0 Å². The Hall–Kier alpha value is -2.97. The van der Waals surface area contributed by atoms with Crippen molar-refractivity contribution in [2.75, 3.05) is 24.5 Å². The molecule has 1 saturated carbocycles. The largest absolute Gasteiger partial charge is 0.459 e. The van der Waals surface area contributed by atoms with Gasteiger partial charge in [0.2, 0.25) is 5.91 Å². The highest BCUT2D eigenvalue weighted by molar-refractivity contribution is 5.92. The number of hydrogen-bond acceptors (Lipinski definition) is 4. The van der Waals surface area contributed by atoms with Gasteiger partial charge in [0.05, 0.1) is 23.8 Å². The number of nitrogens with one attached hydrogen (secondary N) is 1. The Labute approximate surface area is 177 Å². The monoisotopic (exact) mass is 433 g/mol. The Morgan fingerprint density at radius 3 is 2.61 bits per heavy atom. The Kier molecular flexibility index (Phi) is 4.71. The zero-order valence-corrected chi connectivity index (χ0v) is 16.7. The Balaban J connectivity index is 1.46. The van der Waals surface area contributed by atoms with E-state index < -0.39 is 17.7 Å². The summed E-state index contributed by atoms with van der Waals surface area (Å²) in [6.45, 7) is 1.14. The van der Waals surface area contributed by atoms with Crippen molar-refractivity contribution in [1.29, 1.82) is 0 Å². The number of amides is 2. The second-order valence-corrected chi connectivity index (χ2v) is 8.42. The first-order valence-corrected chi connectivity index (χ1v) is 10.4. The fourth-order valence-corrected chi connectivity index (χ4v) is 4.58. The van der Waals surface area contributed by atoms with Gasteiger partial charge in [0.15, 0.2) is 5.76 Å². The number of anilines is 1. The average molecular weight is 433 g/mol. The topological polar surface area (TPSA) is 65.8 Å². The van der Waals surface area contributed by atoms with Crippen LogP contribution in [0, 0.1) is 5.92 Å². The molecular weight excluding hydrogens is 411 g/mol. The number of benzene rings is 1. The van der Waals surface area contributed by atoms with Crippen LogP contribution >= 0.6 is 0 Å². The first kappa shape index (κ1) is 20.0. The zero-order chi connectivity index (χ0) is 21.8. The minimum Gasteiger partial charge on any atom is -0.459 e. The molecule has 9 heteroatoms. The zero-order valence-electron chi connectivity index (χ0n) is 16.7. The molecule has 0 spiro atoms. The lowest BCUT2D eigenvalue weighted by molar-refractivity contribution is -0.137. The van der Waals surface area contributed by atoms with Gasteiger partial charge in [0.1, 0.15) is 0 Å². The smallest absolute Gasteiger partial charge is 0.416 e. The molecule has 0 radical (unpaired) electrons. The SMILES string of the molecule is O=C(NC1CC1)[C@H]1Cc2cc(C(F)(F)F)ccc2N2CCN(C(=O)c3ccco3)C[C@@H]12. The molecular formula is C22H22F3N3O3. The van der Waals surface area contributed by atoms with Crippen molar-refractivity contribution in [2.24, 2.45) is 5.92 Å². The van der Waals surface area contributed by atoms with E-state index in [1.807, 2.05) is 4.90 Å². The van der Waals surface area contributed by atoms with Crippen molar-refractivity contribution in [3.8, 4) is 0 Å². The van der Waals surface area contributed by atoms with Crippen LogP contribution in [-0.2, 0) is 17.4 Å². The molecule has 0 unspecified atom stereocenters. The van der Waals surface area contributed by atoms with Gasteiger partial charge in [0.25, 0.3) is 5.91 Å². The number of hydrogen-bond donors (Lipinski definition) is 1. The molecule has 6 nitrogen and oxygen atoms in total. The van der Waals surface area contributed by atoms with E-state index in [-0.39, 0.29) is 36.1 Å². The molecule has 164 valence electrons. The van der Waals surface area contributed by atoms with Crippen LogP contribution in [-0.4, -0.2) is 48.4 Å². The van der Waals surface area contributed by atoms with Crippen molar-refractivity contribution in [1.82, 2.24) is 10.2 Å². The summed E-state index contributed by atoms with van der Waals surface area (Å²) in [4.78, 5) is 29.5. The lowest BCUT2D eigenvalue weighted by atomic mass is 9.82. The van der Waals surface area contributed by atoms with E-state index in [4.69, 9.17) is 4.42 Å². The molecule has 31 heavy (non-hydrogen) atoms. The van der Waals surface area contributed by atoms with Crippen LogP contribution in [0.2, 0.25) is 0 Å². The standard InChI is InChI=1S/C22H22F3N3O3/c23-22(24,25)14-3-6-17-13(10-14)11-16(20(29)26-15-4-5-15)18-12-27(7-8-28(17)18)21(30)19-2-1-9-31-19/h1-3,6,9-10,15-16,18H,4-5,7-8,11-12H2,(H,26,29)/t16-,18-/m0/s1. The molecule has 1 aromatic heterocycles. The highest BCUT2D eigenvalue weighted by Gasteiger charge is 2.44. The molecule has 1 aliphatic carbocycles. The summed E-state index contributed by atoms with van der Waals surface area (Å²) in [6.07, 6.45) is -0.951. The normalized spacial score (nSPS) is 23.2. The lowest BCUT2D eigenvalue weighted by Crippen LogP contribution is -2.62. The summed E-state index contributed by atoms with van der Waals surface area (Å²) in [5, 5.41) is 2.99. The second kappa shape index (κ2) is 7.32. The molecule has 3 heterocycles. The summed E-state index contributed by atoms with van der Waals surface area (Å²) in [6, 6.07) is 6.81. The van der Waals surface area contributed by atoms with Crippen LogP contribution in [0.25, 0.3) is 0 Å². The second-order valence-electron chi connectivity index (χ2n) is 8.42. The number of rotatable bonds is 3. The molecule has 0 bridgehead atoms. The maximum absolute atomic E-state index is 13.3. The summed E-state index contributed by atoms with van der Waals surface area (Å²) < 4.78 is 45.0. The maximum atomic E-state index is 13.3. The Morgan fingerprint density at radius 1 is 1.13 bits per heavy atom. The molecule has 3 aliphatic rings. The van der Waals surface area contributed by atoms with Crippen LogP contribution in [0.3, 0.4) is 0 Å². The summed E-state index contributed by atoms with van der Waals surface area (Å²) in [5.74, 6) is -0.709. The maximum Gasteiger partial charge on any atom is 0.416 e. The molecule has 5 rings (SSSR count). The molecule has 1 saturated heterocycles. The molecule has 2 atom stereocenters. The van der Waals surface area contributed by atoms with Gasteiger partial charge < -0.3 is 19.5 Å². The number of piperazine rings is 1.